The molecule has 0 aromatic rings. The van der Waals surface area contributed by atoms with Crippen molar-refractivity contribution >= 4 is 17.2 Å². The topological polar surface area (TPSA) is 57.0 Å². The number of ether oxygens (including phenoxy) is 3. The van der Waals surface area contributed by atoms with Gasteiger partial charge in [-0.15, -0.1) is 0 Å². The first-order valence-electron chi connectivity index (χ1n) is 7.32. The molecule has 0 saturated heterocycles. The average Bonchev–Trinajstić information content (AvgIpc) is 2.43. The molecule has 0 aliphatic heterocycles. The third-order valence-corrected chi connectivity index (χ3v) is 3.39. The van der Waals surface area contributed by atoms with Crippen LogP contribution in [0.5, 0.6) is 0 Å². The lowest BCUT2D eigenvalue weighted by Gasteiger charge is -2.23. The first kappa shape index (κ1) is 19.7. The Morgan fingerprint density at radius 2 is 1.55 bits per heavy atom. The summed E-state index contributed by atoms with van der Waals surface area (Å²) in [5.41, 5.74) is 5.58. The first-order valence-corrected chi connectivity index (χ1v) is 7.73. The van der Waals surface area contributed by atoms with Gasteiger partial charge in [-0.3, -0.25) is 4.90 Å². The monoisotopic (exact) mass is 306 g/mol. The SMILES string of the molecule is CCCCOCCOCCOCCN(C)C(C)C(N)=S. The summed E-state index contributed by atoms with van der Waals surface area (Å²) in [5, 5.41) is 0. The highest BCUT2D eigenvalue weighted by molar-refractivity contribution is 7.80. The number of likely N-dealkylation sites (N-methyl/N-ethyl adjacent to an activating group) is 1. The Balaban J connectivity index is 3.22. The number of hydrogen-bond acceptors (Lipinski definition) is 5. The molecule has 1 atom stereocenters. The van der Waals surface area contributed by atoms with Crippen molar-refractivity contribution in [3.8, 4) is 0 Å². The van der Waals surface area contributed by atoms with E-state index in [2.05, 4.69) is 11.8 Å². The van der Waals surface area contributed by atoms with Gasteiger partial charge in [0.2, 0.25) is 0 Å². The van der Waals surface area contributed by atoms with Crippen molar-refractivity contribution in [2.24, 2.45) is 5.73 Å². The van der Waals surface area contributed by atoms with Crippen LogP contribution in [0.25, 0.3) is 0 Å². The summed E-state index contributed by atoms with van der Waals surface area (Å²) in [4.78, 5) is 2.59. The molecular weight excluding hydrogens is 276 g/mol. The molecule has 0 heterocycles. The highest BCUT2D eigenvalue weighted by Gasteiger charge is 2.10. The first-order chi connectivity index (χ1) is 9.59. The molecule has 0 rings (SSSR count). The lowest BCUT2D eigenvalue weighted by atomic mass is 10.3. The van der Waals surface area contributed by atoms with E-state index in [1.54, 1.807) is 0 Å². The van der Waals surface area contributed by atoms with Crippen LogP contribution in [0.4, 0.5) is 0 Å². The van der Waals surface area contributed by atoms with Crippen LogP contribution >= 0.6 is 12.2 Å². The van der Waals surface area contributed by atoms with E-state index in [0.29, 0.717) is 38.0 Å². The van der Waals surface area contributed by atoms with Crippen molar-refractivity contribution in [3.05, 3.63) is 0 Å². The van der Waals surface area contributed by atoms with E-state index in [0.717, 1.165) is 26.0 Å². The van der Waals surface area contributed by atoms with Gasteiger partial charge in [-0.25, -0.2) is 0 Å². The van der Waals surface area contributed by atoms with E-state index in [1.165, 1.54) is 0 Å². The predicted molar refractivity (Wildman–Crippen MR) is 86.2 cm³/mol. The molecule has 0 radical (unpaired) electrons. The standard InChI is InChI=1S/C14H30N2O3S/c1-4-5-7-17-9-11-19-12-10-18-8-6-16(3)13(2)14(15)20/h13H,4-12H2,1-3H3,(H2,15,20). The van der Waals surface area contributed by atoms with Crippen molar-refractivity contribution in [1.82, 2.24) is 4.90 Å². The van der Waals surface area contributed by atoms with Gasteiger partial charge < -0.3 is 19.9 Å². The van der Waals surface area contributed by atoms with Crippen LogP contribution in [0.2, 0.25) is 0 Å². The van der Waals surface area contributed by atoms with E-state index in [4.69, 9.17) is 32.2 Å². The van der Waals surface area contributed by atoms with E-state index < -0.39 is 0 Å². The summed E-state index contributed by atoms with van der Waals surface area (Å²) >= 11 is 4.95. The van der Waals surface area contributed by atoms with E-state index >= 15 is 0 Å². The van der Waals surface area contributed by atoms with Gasteiger partial charge in [0.15, 0.2) is 0 Å². The fourth-order valence-corrected chi connectivity index (χ4v) is 1.59. The van der Waals surface area contributed by atoms with Crippen molar-refractivity contribution < 1.29 is 14.2 Å². The molecule has 0 amide bonds. The highest BCUT2D eigenvalue weighted by Crippen LogP contribution is 1.95. The molecule has 0 aromatic heterocycles. The Morgan fingerprint density at radius 1 is 1.05 bits per heavy atom. The summed E-state index contributed by atoms with van der Waals surface area (Å²) in [5.74, 6) is 0. The number of rotatable bonds is 14. The molecule has 0 aromatic carbocycles. The zero-order chi connectivity index (χ0) is 15.2. The summed E-state index contributed by atoms with van der Waals surface area (Å²) in [7, 11) is 1.98. The average molecular weight is 306 g/mol. The van der Waals surface area contributed by atoms with Crippen LogP contribution in [0, 0.1) is 0 Å². The van der Waals surface area contributed by atoms with Crippen LogP contribution in [0.15, 0.2) is 0 Å². The number of nitrogens with zero attached hydrogens (tertiary/aromatic N) is 1. The number of nitrogens with two attached hydrogens (primary N) is 1. The molecule has 0 aliphatic rings. The van der Waals surface area contributed by atoms with Gasteiger partial charge in [-0.1, -0.05) is 25.6 Å². The van der Waals surface area contributed by atoms with Gasteiger partial charge in [0.05, 0.1) is 44.1 Å². The largest absolute Gasteiger partial charge is 0.392 e. The van der Waals surface area contributed by atoms with Crippen LogP contribution < -0.4 is 5.73 Å². The molecule has 0 bridgehead atoms. The molecule has 1 unspecified atom stereocenters. The summed E-state index contributed by atoms with van der Waals surface area (Å²) in [6.07, 6.45) is 2.28. The van der Waals surface area contributed by atoms with Gasteiger partial charge in [-0.2, -0.15) is 0 Å². The van der Waals surface area contributed by atoms with Gasteiger partial charge in [-0.05, 0) is 20.4 Å². The summed E-state index contributed by atoms with van der Waals surface area (Å²) < 4.78 is 16.3. The lowest BCUT2D eigenvalue weighted by Crippen LogP contribution is -2.40. The minimum Gasteiger partial charge on any atom is -0.392 e. The van der Waals surface area contributed by atoms with Crippen LogP contribution in [-0.4, -0.2) is 69.2 Å². The zero-order valence-electron chi connectivity index (χ0n) is 13.1. The third-order valence-electron chi connectivity index (χ3n) is 3.05. The minimum atomic E-state index is 0.102. The molecule has 120 valence electrons. The second-order valence-corrected chi connectivity index (χ2v) is 5.22. The molecule has 0 spiro atoms. The van der Waals surface area contributed by atoms with Crippen molar-refractivity contribution in [2.45, 2.75) is 32.7 Å². The smallest absolute Gasteiger partial charge is 0.0899 e. The maximum absolute atomic E-state index is 5.58. The number of thiocarbonyl (C=S) groups is 1. The van der Waals surface area contributed by atoms with E-state index in [1.807, 2.05) is 14.0 Å². The second-order valence-electron chi connectivity index (χ2n) is 4.75. The van der Waals surface area contributed by atoms with E-state index in [9.17, 15) is 0 Å². The maximum Gasteiger partial charge on any atom is 0.0899 e. The fraction of sp³-hybridized carbons (Fsp3) is 0.929. The van der Waals surface area contributed by atoms with Crippen molar-refractivity contribution in [1.29, 1.82) is 0 Å². The second kappa shape index (κ2) is 13.7. The Bertz CT molecular complexity index is 242. The Labute approximate surface area is 128 Å². The summed E-state index contributed by atoms with van der Waals surface area (Å²) in [6.45, 7) is 8.92. The summed E-state index contributed by atoms with van der Waals surface area (Å²) in [6, 6.07) is 0.102. The number of unbranched alkanes of at least 4 members (excludes halogenated alkanes) is 1. The Kier molecular flexibility index (Phi) is 13.5. The van der Waals surface area contributed by atoms with Crippen LogP contribution in [0.3, 0.4) is 0 Å². The van der Waals surface area contributed by atoms with Gasteiger partial charge >= 0.3 is 0 Å². The minimum absolute atomic E-state index is 0.102. The van der Waals surface area contributed by atoms with Crippen LogP contribution in [-0.2, 0) is 14.2 Å². The molecule has 0 aliphatic carbocycles. The molecule has 0 saturated carbocycles. The van der Waals surface area contributed by atoms with Gasteiger partial charge in [0.25, 0.3) is 0 Å². The molecule has 6 heteroatoms. The fourth-order valence-electron chi connectivity index (χ4n) is 1.41. The molecule has 0 fully saturated rings. The quantitative estimate of drug-likeness (QED) is 0.387. The van der Waals surface area contributed by atoms with Gasteiger partial charge in [0.1, 0.15) is 0 Å². The van der Waals surface area contributed by atoms with Crippen molar-refractivity contribution in [2.75, 3.05) is 53.2 Å². The number of hydrogen-bond donors (Lipinski definition) is 1. The molecular formula is C14H30N2O3S. The molecule has 2 N–H and O–H groups in total. The normalized spacial score (nSPS) is 12.8. The molecule has 5 nitrogen and oxygen atoms in total. The highest BCUT2D eigenvalue weighted by atomic mass is 32.1. The predicted octanol–water partition coefficient (Wildman–Crippen LogP) is 1.44. The zero-order valence-corrected chi connectivity index (χ0v) is 13.9. The maximum atomic E-state index is 5.58. The lowest BCUT2D eigenvalue weighted by molar-refractivity contribution is 0.0107. The Morgan fingerprint density at radius 3 is 2.05 bits per heavy atom. The Hall–Kier alpha value is -0.270. The van der Waals surface area contributed by atoms with Gasteiger partial charge in [0, 0.05) is 13.2 Å². The molecule has 20 heavy (non-hydrogen) atoms. The third kappa shape index (κ3) is 11.5. The van der Waals surface area contributed by atoms with Crippen LogP contribution in [0.1, 0.15) is 26.7 Å². The van der Waals surface area contributed by atoms with E-state index in [-0.39, 0.29) is 6.04 Å². The van der Waals surface area contributed by atoms with Crippen molar-refractivity contribution in [3.63, 3.8) is 0 Å².